The molecule has 0 aliphatic rings. The molecule has 0 radical (unpaired) electrons. The molecule has 7 heteroatoms. The third-order valence-corrected chi connectivity index (χ3v) is 4.74. The highest BCUT2D eigenvalue weighted by Crippen LogP contribution is 2.33. The number of hydrogen-bond acceptors (Lipinski definition) is 3. The predicted molar refractivity (Wildman–Crippen MR) is 105 cm³/mol. The molecule has 0 saturated carbocycles. The van der Waals surface area contributed by atoms with Gasteiger partial charge in [-0.25, -0.2) is 9.50 Å². The van der Waals surface area contributed by atoms with E-state index in [2.05, 4.69) is 35.8 Å². The fourth-order valence-corrected chi connectivity index (χ4v) is 3.13. The van der Waals surface area contributed by atoms with Crippen molar-refractivity contribution in [2.24, 2.45) is 0 Å². The minimum atomic E-state index is -4.57. The van der Waals surface area contributed by atoms with Gasteiger partial charge in [0.05, 0.1) is 11.4 Å². The van der Waals surface area contributed by atoms with Crippen molar-refractivity contribution in [2.75, 3.05) is 0 Å². The molecule has 4 rings (SSSR count). The third-order valence-electron chi connectivity index (χ3n) is 4.74. The van der Waals surface area contributed by atoms with Crippen LogP contribution in [0.4, 0.5) is 13.2 Å². The summed E-state index contributed by atoms with van der Waals surface area (Å²) in [6.45, 7) is 6.31. The van der Waals surface area contributed by atoms with Crippen LogP contribution in [0, 0.1) is 0 Å². The summed E-state index contributed by atoms with van der Waals surface area (Å²) in [5.74, 6) is 0. The second-order valence-corrected chi connectivity index (χ2v) is 7.89. The highest BCUT2D eigenvalue weighted by atomic mass is 19.4. The Labute approximate surface area is 166 Å². The summed E-state index contributed by atoms with van der Waals surface area (Å²) in [5, 5.41) is 4.20. The van der Waals surface area contributed by atoms with E-state index in [-0.39, 0.29) is 16.8 Å². The molecule has 0 aliphatic carbocycles. The van der Waals surface area contributed by atoms with Crippen LogP contribution in [0.1, 0.15) is 32.0 Å². The maximum atomic E-state index is 13.7. The van der Waals surface area contributed by atoms with Gasteiger partial charge in [0.2, 0.25) is 0 Å². The van der Waals surface area contributed by atoms with Crippen LogP contribution in [0.25, 0.3) is 28.2 Å². The molecular formula is C22H19F3N4. The van der Waals surface area contributed by atoms with Crippen LogP contribution in [0.3, 0.4) is 0 Å². The first kappa shape index (κ1) is 19.1. The summed E-state index contributed by atoms with van der Waals surface area (Å²) in [7, 11) is 0. The van der Waals surface area contributed by atoms with Crippen LogP contribution >= 0.6 is 0 Å². The fraction of sp³-hybridized carbons (Fsp3) is 0.227. The van der Waals surface area contributed by atoms with Gasteiger partial charge in [0, 0.05) is 29.6 Å². The molecule has 0 unspecified atom stereocenters. The number of pyridine rings is 1. The molecule has 0 amide bonds. The van der Waals surface area contributed by atoms with Gasteiger partial charge in [0.1, 0.15) is 0 Å². The van der Waals surface area contributed by atoms with E-state index >= 15 is 0 Å². The summed E-state index contributed by atoms with van der Waals surface area (Å²) in [6, 6.07) is 13.5. The van der Waals surface area contributed by atoms with Gasteiger partial charge in [-0.15, -0.1) is 0 Å². The number of halogens is 3. The molecule has 3 aromatic heterocycles. The molecule has 0 atom stereocenters. The van der Waals surface area contributed by atoms with Crippen LogP contribution in [0.5, 0.6) is 0 Å². The first-order valence-corrected chi connectivity index (χ1v) is 9.12. The normalized spacial score (nSPS) is 12.5. The first-order chi connectivity index (χ1) is 13.6. The van der Waals surface area contributed by atoms with E-state index in [4.69, 9.17) is 0 Å². The van der Waals surface area contributed by atoms with E-state index < -0.39 is 11.9 Å². The molecule has 148 valence electrons. The van der Waals surface area contributed by atoms with Crippen molar-refractivity contribution in [3.63, 3.8) is 0 Å². The second-order valence-electron chi connectivity index (χ2n) is 7.89. The van der Waals surface area contributed by atoms with Crippen molar-refractivity contribution in [3.8, 4) is 22.5 Å². The zero-order chi connectivity index (χ0) is 20.8. The minimum Gasteiger partial charge on any atom is -0.265 e. The minimum absolute atomic E-state index is 0.0120. The van der Waals surface area contributed by atoms with E-state index in [0.29, 0.717) is 11.3 Å². The monoisotopic (exact) mass is 396 g/mol. The Balaban J connectivity index is 1.86. The molecule has 0 saturated heterocycles. The lowest BCUT2D eigenvalue weighted by Crippen LogP contribution is -2.13. The molecule has 0 fully saturated rings. The Hall–Kier alpha value is -3.22. The molecular weight excluding hydrogens is 377 g/mol. The smallest absolute Gasteiger partial charge is 0.265 e. The van der Waals surface area contributed by atoms with Crippen molar-refractivity contribution >= 4 is 5.65 Å². The summed E-state index contributed by atoms with van der Waals surface area (Å²) >= 11 is 0. The van der Waals surface area contributed by atoms with Gasteiger partial charge in [0.25, 0.3) is 0 Å². The highest BCUT2D eigenvalue weighted by molar-refractivity contribution is 5.68. The fourth-order valence-electron chi connectivity index (χ4n) is 3.13. The Morgan fingerprint density at radius 3 is 2.00 bits per heavy atom. The van der Waals surface area contributed by atoms with Gasteiger partial charge >= 0.3 is 6.18 Å². The Bertz CT molecular complexity index is 1160. The molecule has 4 aromatic rings. The van der Waals surface area contributed by atoms with Gasteiger partial charge < -0.3 is 0 Å². The van der Waals surface area contributed by atoms with Gasteiger partial charge in [-0.2, -0.15) is 18.3 Å². The summed E-state index contributed by atoms with van der Waals surface area (Å²) < 4.78 is 42.0. The number of alkyl halides is 3. The molecule has 29 heavy (non-hydrogen) atoms. The highest BCUT2D eigenvalue weighted by Gasteiger charge is 2.35. The maximum absolute atomic E-state index is 13.7. The van der Waals surface area contributed by atoms with Crippen molar-refractivity contribution in [1.29, 1.82) is 0 Å². The Kier molecular flexibility index (Phi) is 4.41. The predicted octanol–water partition coefficient (Wildman–Crippen LogP) is 5.77. The van der Waals surface area contributed by atoms with Gasteiger partial charge in [0.15, 0.2) is 11.3 Å². The SMILES string of the molecule is CC(C)(C)c1ccc(-c2cc3nc(-c4ccncc4)cc(C(F)(F)F)n3n2)cc1. The lowest BCUT2D eigenvalue weighted by molar-refractivity contribution is -0.142. The van der Waals surface area contributed by atoms with Crippen molar-refractivity contribution in [1.82, 2.24) is 19.6 Å². The van der Waals surface area contributed by atoms with E-state index in [1.54, 1.807) is 18.2 Å². The van der Waals surface area contributed by atoms with Gasteiger partial charge in [-0.05, 0) is 29.2 Å². The quantitative estimate of drug-likeness (QED) is 0.432. The average molecular weight is 396 g/mol. The average Bonchev–Trinajstić information content (AvgIpc) is 3.10. The topological polar surface area (TPSA) is 43.1 Å². The van der Waals surface area contributed by atoms with Crippen LogP contribution < -0.4 is 0 Å². The van der Waals surface area contributed by atoms with Crippen LogP contribution in [0.15, 0.2) is 60.9 Å². The number of nitrogens with zero attached hydrogens (tertiary/aromatic N) is 4. The van der Waals surface area contributed by atoms with Crippen molar-refractivity contribution in [2.45, 2.75) is 32.4 Å². The molecule has 0 spiro atoms. The summed E-state index contributed by atoms with van der Waals surface area (Å²) in [5.41, 5.74) is 2.36. The molecule has 0 aliphatic heterocycles. The largest absolute Gasteiger partial charge is 0.433 e. The number of rotatable bonds is 2. The van der Waals surface area contributed by atoms with Crippen molar-refractivity contribution < 1.29 is 13.2 Å². The molecule has 3 heterocycles. The Morgan fingerprint density at radius 1 is 0.793 bits per heavy atom. The second kappa shape index (κ2) is 6.69. The lowest BCUT2D eigenvalue weighted by Gasteiger charge is -2.18. The summed E-state index contributed by atoms with van der Waals surface area (Å²) in [4.78, 5) is 8.30. The Morgan fingerprint density at radius 2 is 1.41 bits per heavy atom. The molecule has 1 aromatic carbocycles. The molecule has 0 N–H and O–H groups in total. The van der Waals surface area contributed by atoms with Crippen LogP contribution in [-0.2, 0) is 11.6 Å². The van der Waals surface area contributed by atoms with Gasteiger partial charge in [-0.1, -0.05) is 45.0 Å². The van der Waals surface area contributed by atoms with Gasteiger partial charge in [-0.3, -0.25) is 4.98 Å². The molecule has 4 nitrogen and oxygen atoms in total. The third kappa shape index (κ3) is 3.72. The maximum Gasteiger partial charge on any atom is 0.433 e. The van der Waals surface area contributed by atoms with Crippen molar-refractivity contribution in [3.05, 3.63) is 72.2 Å². The zero-order valence-electron chi connectivity index (χ0n) is 16.2. The zero-order valence-corrected chi connectivity index (χ0v) is 16.2. The number of benzene rings is 1. The first-order valence-electron chi connectivity index (χ1n) is 9.12. The van der Waals surface area contributed by atoms with E-state index in [0.717, 1.165) is 21.7 Å². The van der Waals surface area contributed by atoms with Crippen LogP contribution in [0.2, 0.25) is 0 Å². The van der Waals surface area contributed by atoms with E-state index in [1.165, 1.54) is 12.4 Å². The van der Waals surface area contributed by atoms with E-state index in [9.17, 15) is 13.2 Å². The standard InChI is InChI=1S/C22H19F3N4/c1-21(2,3)16-6-4-14(5-7-16)18-13-20-27-17(15-8-10-26-11-9-15)12-19(22(23,24)25)29(20)28-18/h4-13H,1-3H3. The number of fused-ring (bicyclic) bond motifs is 1. The van der Waals surface area contributed by atoms with Crippen LogP contribution in [-0.4, -0.2) is 19.6 Å². The molecule has 0 bridgehead atoms. The number of hydrogen-bond donors (Lipinski definition) is 0. The summed E-state index contributed by atoms with van der Waals surface area (Å²) in [6.07, 6.45) is -1.53. The van der Waals surface area contributed by atoms with E-state index in [1.807, 2.05) is 24.3 Å². The lowest BCUT2D eigenvalue weighted by atomic mass is 9.86. The number of aromatic nitrogens is 4.